The Labute approximate surface area is 138 Å². The summed E-state index contributed by atoms with van der Waals surface area (Å²) in [6, 6.07) is 0.430. The van der Waals surface area contributed by atoms with Gasteiger partial charge in [0.25, 0.3) is 0 Å². The van der Waals surface area contributed by atoms with Crippen molar-refractivity contribution in [3.8, 4) is 0 Å². The van der Waals surface area contributed by atoms with Gasteiger partial charge in [0.2, 0.25) is 5.91 Å². The van der Waals surface area contributed by atoms with E-state index in [1.54, 1.807) is 0 Å². The molecule has 1 atom stereocenters. The lowest BCUT2D eigenvalue weighted by atomic mass is 10.1. The maximum Gasteiger partial charge on any atom is 0.221 e. The number of carbonyl (C=O) groups excluding carboxylic acids is 1. The van der Waals surface area contributed by atoms with E-state index in [1.807, 2.05) is 13.3 Å². The lowest BCUT2D eigenvalue weighted by Crippen LogP contribution is -2.35. The number of aromatic nitrogens is 3. The number of amides is 1. The lowest BCUT2D eigenvalue weighted by Gasteiger charge is -2.26. The molecule has 0 bridgehead atoms. The van der Waals surface area contributed by atoms with Crippen molar-refractivity contribution in [3.05, 3.63) is 12.2 Å². The van der Waals surface area contributed by atoms with Gasteiger partial charge in [0, 0.05) is 19.0 Å². The molecule has 1 saturated carbocycles. The number of piperidine rings is 1. The summed E-state index contributed by atoms with van der Waals surface area (Å²) in [5.74, 6) is 1.01. The summed E-state index contributed by atoms with van der Waals surface area (Å²) in [7, 11) is 0. The van der Waals surface area contributed by atoms with Gasteiger partial charge >= 0.3 is 0 Å². The smallest absolute Gasteiger partial charge is 0.221 e. The first-order chi connectivity index (χ1) is 11.2. The average molecular weight is 319 g/mol. The van der Waals surface area contributed by atoms with Gasteiger partial charge in [-0.2, -0.15) is 0 Å². The Kier molecular flexibility index (Phi) is 5.65. The number of rotatable bonds is 6. The molecule has 2 fully saturated rings. The molecule has 1 aliphatic heterocycles. The molecule has 2 aliphatic rings. The number of hydrogen-bond acceptors (Lipinski definition) is 4. The van der Waals surface area contributed by atoms with Crippen LogP contribution in [0.1, 0.15) is 76.2 Å². The van der Waals surface area contributed by atoms with Crippen molar-refractivity contribution >= 4 is 5.91 Å². The van der Waals surface area contributed by atoms with Crippen molar-refractivity contribution in [3.63, 3.8) is 0 Å². The third-order valence-corrected chi connectivity index (χ3v) is 5.19. The SMILES string of the molecule is C[C@H](NC(=O)CCN1CCCCC1)c1nncn1C1CCCC1. The standard InChI is InChI=1S/C17H29N5O/c1-14(17-20-18-13-22(17)15-7-3-4-8-15)19-16(23)9-12-21-10-5-2-6-11-21/h13-15H,2-12H2,1H3,(H,19,23)/t14-/m0/s1. The molecule has 128 valence electrons. The largest absolute Gasteiger partial charge is 0.346 e. The van der Waals surface area contributed by atoms with E-state index in [9.17, 15) is 4.79 Å². The fourth-order valence-electron chi connectivity index (χ4n) is 3.85. The molecule has 1 saturated heterocycles. The highest BCUT2D eigenvalue weighted by atomic mass is 16.1. The Morgan fingerprint density at radius 1 is 1.26 bits per heavy atom. The summed E-state index contributed by atoms with van der Waals surface area (Å²) in [4.78, 5) is 14.6. The zero-order valence-electron chi connectivity index (χ0n) is 14.2. The second kappa shape index (κ2) is 7.90. The van der Waals surface area contributed by atoms with Gasteiger partial charge in [-0.25, -0.2) is 0 Å². The Balaban J connectivity index is 1.49. The number of likely N-dealkylation sites (tertiary alicyclic amines) is 1. The van der Waals surface area contributed by atoms with E-state index in [0.29, 0.717) is 12.5 Å². The molecule has 1 N–H and O–H groups in total. The molecular formula is C17H29N5O. The van der Waals surface area contributed by atoms with E-state index in [1.165, 1.54) is 44.9 Å². The van der Waals surface area contributed by atoms with Crippen LogP contribution in [0.5, 0.6) is 0 Å². The van der Waals surface area contributed by atoms with Crippen LogP contribution in [0.4, 0.5) is 0 Å². The molecule has 1 aromatic heterocycles. The van der Waals surface area contributed by atoms with Gasteiger partial charge in [-0.15, -0.1) is 10.2 Å². The Morgan fingerprint density at radius 3 is 2.74 bits per heavy atom. The molecule has 2 heterocycles. The van der Waals surface area contributed by atoms with Crippen LogP contribution in [0.25, 0.3) is 0 Å². The van der Waals surface area contributed by atoms with Crippen molar-refractivity contribution in [2.24, 2.45) is 0 Å². The van der Waals surface area contributed by atoms with E-state index in [0.717, 1.165) is 25.5 Å². The molecule has 23 heavy (non-hydrogen) atoms. The van der Waals surface area contributed by atoms with Crippen molar-refractivity contribution in [1.29, 1.82) is 0 Å². The Morgan fingerprint density at radius 2 is 2.00 bits per heavy atom. The molecule has 0 aromatic carbocycles. The highest BCUT2D eigenvalue weighted by molar-refractivity contribution is 5.76. The fourth-order valence-corrected chi connectivity index (χ4v) is 3.85. The molecule has 6 nitrogen and oxygen atoms in total. The number of carbonyl (C=O) groups is 1. The third kappa shape index (κ3) is 4.31. The minimum Gasteiger partial charge on any atom is -0.346 e. The van der Waals surface area contributed by atoms with Gasteiger partial charge in [-0.05, 0) is 45.7 Å². The fraction of sp³-hybridized carbons (Fsp3) is 0.824. The lowest BCUT2D eigenvalue weighted by molar-refractivity contribution is -0.122. The van der Waals surface area contributed by atoms with Crippen LogP contribution < -0.4 is 5.32 Å². The van der Waals surface area contributed by atoms with Gasteiger partial charge < -0.3 is 14.8 Å². The number of hydrogen-bond donors (Lipinski definition) is 1. The van der Waals surface area contributed by atoms with Crippen molar-refractivity contribution in [2.45, 2.75) is 70.4 Å². The van der Waals surface area contributed by atoms with Crippen molar-refractivity contribution < 1.29 is 4.79 Å². The summed E-state index contributed by atoms with van der Waals surface area (Å²) < 4.78 is 2.17. The highest BCUT2D eigenvalue weighted by Gasteiger charge is 2.23. The minimum atomic E-state index is -0.0769. The molecule has 0 radical (unpaired) electrons. The first kappa shape index (κ1) is 16.4. The normalized spacial score (nSPS) is 21.4. The summed E-state index contributed by atoms with van der Waals surface area (Å²) in [5.41, 5.74) is 0. The molecule has 3 rings (SSSR count). The van der Waals surface area contributed by atoms with E-state index in [-0.39, 0.29) is 11.9 Å². The number of nitrogens with zero attached hydrogens (tertiary/aromatic N) is 4. The van der Waals surface area contributed by atoms with Gasteiger partial charge in [0.05, 0.1) is 6.04 Å². The minimum absolute atomic E-state index is 0.0769. The maximum absolute atomic E-state index is 12.2. The predicted octanol–water partition coefficient (Wildman–Crippen LogP) is 2.45. The number of nitrogens with one attached hydrogen (secondary N) is 1. The monoisotopic (exact) mass is 319 g/mol. The van der Waals surface area contributed by atoms with Gasteiger partial charge in [-0.3, -0.25) is 4.79 Å². The zero-order chi connectivity index (χ0) is 16.1. The second-order valence-electron chi connectivity index (χ2n) is 6.98. The van der Waals surface area contributed by atoms with E-state index >= 15 is 0 Å². The maximum atomic E-state index is 12.2. The van der Waals surface area contributed by atoms with Crippen molar-refractivity contribution in [2.75, 3.05) is 19.6 Å². The van der Waals surface area contributed by atoms with Crippen LogP contribution in [-0.2, 0) is 4.79 Å². The first-order valence-corrected chi connectivity index (χ1v) is 9.15. The molecular weight excluding hydrogens is 290 g/mol. The average Bonchev–Trinajstić information content (AvgIpc) is 3.24. The molecule has 1 aliphatic carbocycles. The summed E-state index contributed by atoms with van der Waals surface area (Å²) >= 11 is 0. The summed E-state index contributed by atoms with van der Waals surface area (Å²) in [5, 5.41) is 11.4. The van der Waals surface area contributed by atoms with E-state index in [2.05, 4.69) is 25.0 Å². The van der Waals surface area contributed by atoms with E-state index in [4.69, 9.17) is 0 Å². The van der Waals surface area contributed by atoms with Crippen LogP contribution in [0.2, 0.25) is 0 Å². The Hall–Kier alpha value is -1.43. The van der Waals surface area contributed by atoms with Crippen molar-refractivity contribution in [1.82, 2.24) is 25.0 Å². The van der Waals surface area contributed by atoms with Crippen LogP contribution in [0.3, 0.4) is 0 Å². The molecule has 1 aromatic rings. The van der Waals surface area contributed by atoms with Crippen LogP contribution in [-0.4, -0.2) is 45.2 Å². The predicted molar refractivity (Wildman–Crippen MR) is 89.0 cm³/mol. The zero-order valence-corrected chi connectivity index (χ0v) is 14.2. The van der Waals surface area contributed by atoms with Gasteiger partial charge in [-0.1, -0.05) is 19.3 Å². The molecule has 6 heteroatoms. The first-order valence-electron chi connectivity index (χ1n) is 9.15. The molecule has 1 amide bonds. The highest BCUT2D eigenvalue weighted by Crippen LogP contribution is 2.31. The molecule has 0 spiro atoms. The van der Waals surface area contributed by atoms with Crippen LogP contribution >= 0.6 is 0 Å². The van der Waals surface area contributed by atoms with Crippen LogP contribution in [0.15, 0.2) is 6.33 Å². The summed E-state index contributed by atoms with van der Waals surface area (Å²) in [6.45, 7) is 5.15. The Bertz CT molecular complexity index is 503. The quantitative estimate of drug-likeness (QED) is 0.875. The van der Waals surface area contributed by atoms with Gasteiger partial charge in [0.1, 0.15) is 6.33 Å². The van der Waals surface area contributed by atoms with Crippen LogP contribution in [0, 0.1) is 0 Å². The second-order valence-corrected chi connectivity index (χ2v) is 6.98. The van der Waals surface area contributed by atoms with Gasteiger partial charge in [0.15, 0.2) is 5.82 Å². The third-order valence-electron chi connectivity index (χ3n) is 5.19. The molecule has 0 unspecified atom stereocenters. The summed E-state index contributed by atoms with van der Waals surface area (Å²) in [6.07, 6.45) is 11.2. The topological polar surface area (TPSA) is 63.1 Å². The van der Waals surface area contributed by atoms with E-state index < -0.39 is 0 Å².